The number of nitrogens with one attached hydrogen (secondary N) is 1. The van der Waals surface area contributed by atoms with E-state index in [0.29, 0.717) is 56.1 Å². The van der Waals surface area contributed by atoms with Crippen LogP contribution in [0.4, 0.5) is 19.3 Å². The van der Waals surface area contributed by atoms with Crippen LogP contribution in [0.5, 0.6) is 0 Å². The number of carbonyl (C=O) groups is 2. The molecule has 2 amide bonds. The van der Waals surface area contributed by atoms with Crippen molar-refractivity contribution in [1.29, 1.82) is 0 Å². The molecule has 9 heteroatoms. The number of carbonyl (C=O) groups excluding carboxylic acids is 2. The summed E-state index contributed by atoms with van der Waals surface area (Å²) in [6.45, 7) is 3.31. The number of hydrogen-bond donors (Lipinski definition) is 1. The van der Waals surface area contributed by atoms with E-state index in [1.807, 2.05) is 30.3 Å². The van der Waals surface area contributed by atoms with E-state index < -0.39 is 23.7 Å². The number of para-hydroxylation sites is 1. The molecule has 0 saturated carbocycles. The topological polar surface area (TPSA) is 71.1 Å². The van der Waals surface area contributed by atoms with Gasteiger partial charge in [0.25, 0.3) is 0 Å². The molecule has 37 heavy (non-hydrogen) atoms. The number of ether oxygens (including phenoxy) is 2. The Bertz CT molecular complexity index is 1220. The Hall–Kier alpha value is -3.82. The molecule has 1 N–H and O–H groups in total. The number of nitrogens with zero attached hydrogens (tertiary/aromatic N) is 2. The number of anilines is 1. The molecule has 1 atom stereocenters. The van der Waals surface area contributed by atoms with Crippen molar-refractivity contribution in [2.45, 2.75) is 6.10 Å². The summed E-state index contributed by atoms with van der Waals surface area (Å²) in [6, 6.07) is 19.6. The van der Waals surface area contributed by atoms with Gasteiger partial charge in [0.05, 0.1) is 25.0 Å². The van der Waals surface area contributed by atoms with Gasteiger partial charge < -0.3 is 19.7 Å². The van der Waals surface area contributed by atoms with Crippen LogP contribution in [-0.2, 0) is 9.47 Å². The van der Waals surface area contributed by atoms with E-state index in [-0.39, 0.29) is 6.03 Å². The fraction of sp³-hybridized carbons (Fsp3) is 0.286. The average Bonchev–Trinajstić information content (AvgIpc) is 2.93. The molecule has 0 aromatic heterocycles. The second-order valence-corrected chi connectivity index (χ2v) is 8.63. The number of urea groups is 1. The minimum atomic E-state index is -0.911. The maximum Gasteiger partial charge on any atom is 0.339 e. The second-order valence-electron chi connectivity index (χ2n) is 8.63. The monoisotopic (exact) mass is 509 g/mol. The number of rotatable bonds is 8. The van der Waals surface area contributed by atoms with Crippen LogP contribution in [0.15, 0.2) is 72.8 Å². The Morgan fingerprint density at radius 2 is 1.59 bits per heavy atom. The van der Waals surface area contributed by atoms with E-state index >= 15 is 0 Å². The van der Waals surface area contributed by atoms with Gasteiger partial charge in [0.2, 0.25) is 0 Å². The number of benzene rings is 3. The maximum absolute atomic E-state index is 13.9. The highest BCUT2D eigenvalue weighted by Gasteiger charge is 2.23. The van der Waals surface area contributed by atoms with Gasteiger partial charge >= 0.3 is 12.0 Å². The number of methoxy groups -OCH3 is 1. The fourth-order valence-corrected chi connectivity index (χ4v) is 4.24. The van der Waals surface area contributed by atoms with Crippen molar-refractivity contribution >= 4 is 17.7 Å². The molecule has 1 aliphatic rings. The first-order valence-electron chi connectivity index (χ1n) is 12.0. The first kappa shape index (κ1) is 26.2. The van der Waals surface area contributed by atoms with E-state index in [1.165, 1.54) is 19.2 Å². The summed E-state index contributed by atoms with van der Waals surface area (Å²) in [5.74, 6) is -2.32. The van der Waals surface area contributed by atoms with Crippen LogP contribution in [0, 0.1) is 11.6 Å². The molecule has 1 fully saturated rings. The molecular formula is C28H29F2N3O4. The molecule has 1 aliphatic heterocycles. The summed E-state index contributed by atoms with van der Waals surface area (Å²) in [7, 11) is 1.30. The molecule has 0 bridgehead atoms. The molecule has 1 saturated heterocycles. The number of piperazine rings is 1. The second kappa shape index (κ2) is 12.4. The molecule has 7 nitrogen and oxygen atoms in total. The highest BCUT2D eigenvalue weighted by molar-refractivity contribution is 6.00. The summed E-state index contributed by atoms with van der Waals surface area (Å²) >= 11 is 0. The van der Waals surface area contributed by atoms with Crippen molar-refractivity contribution in [2.24, 2.45) is 0 Å². The Balaban J connectivity index is 1.30. The minimum Gasteiger partial charge on any atom is -0.465 e. The van der Waals surface area contributed by atoms with Crippen LogP contribution in [0.1, 0.15) is 27.6 Å². The lowest BCUT2D eigenvalue weighted by molar-refractivity contribution is 0.0496. The van der Waals surface area contributed by atoms with Crippen molar-refractivity contribution in [2.75, 3.05) is 51.8 Å². The molecule has 1 heterocycles. The van der Waals surface area contributed by atoms with Crippen molar-refractivity contribution in [3.8, 4) is 0 Å². The molecule has 3 aromatic rings. The Morgan fingerprint density at radius 1 is 0.892 bits per heavy atom. The third kappa shape index (κ3) is 6.69. The van der Waals surface area contributed by atoms with Gasteiger partial charge in [0, 0.05) is 32.7 Å². The lowest BCUT2D eigenvalue weighted by Crippen LogP contribution is -2.50. The Morgan fingerprint density at radius 3 is 2.30 bits per heavy atom. The van der Waals surface area contributed by atoms with Gasteiger partial charge in [-0.1, -0.05) is 48.5 Å². The van der Waals surface area contributed by atoms with Crippen LogP contribution < -0.4 is 5.32 Å². The van der Waals surface area contributed by atoms with E-state index in [1.54, 1.807) is 29.2 Å². The van der Waals surface area contributed by atoms with Crippen LogP contribution in [0.25, 0.3) is 0 Å². The zero-order chi connectivity index (χ0) is 26.2. The zero-order valence-electron chi connectivity index (χ0n) is 20.5. The van der Waals surface area contributed by atoms with E-state index in [4.69, 9.17) is 9.47 Å². The van der Waals surface area contributed by atoms with Crippen LogP contribution in [0.3, 0.4) is 0 Å². The third-order valence-electron chi connectivity index (χ3n) is 6.27. The highest BCUT2D eigenvalue weighted by atomic mass is 19.2. The fourth-order valence-electron chi connectivity index (χ4n) is 4.24. The molecule has 194 valence electrons. The van der Waals surface area contributed by atoms with E-state index in [9.17, 15) is 18.4 Å². The number of amides is 2. The summed E-state index contributed by atoms with van der Waals surface area (Å²) in [5, 5.41) is 2.80. The van der Waals surface area contributed by atoms with Crippen molar-refractivity contribution in [1.82, 2.24) is 9.80 Å². The van der Waals surface area contributed by atoms with Crippen LogP contribution in [0.2, 0.25) is 0 Å². The van der Waals surface area contributed by atoms with Crippen molar-refractivity contribution in [3.05, 3.63) is 101 Å². The van der Waals surface area contributed by atoms with Crippen LogP contribution in [-0.4, -0.2) is 68.2 Å². The van der Waals surface area contributed by atoms with Gasteiger partial charge in [0.15, 0.2) is 11.6 Å². The molecule has 0 spiro atoms. The predicted octanol–water partition coefficient (Wildman–Crippen LogP) is 4.71. The largest absolute Gasteiger partial charge is 0.465 e. The van der Waals surface area contributed by atoms with Crippen molar-refractivity contribution < 1.29 is 27.8 Å². The SMILES string of the molecule is COC(=O)c1ccccc1NC(=O)N1CCN(CCOC(c2ccccc2)c2ccc(F)c(F)c2)CC1. The third-order valence-corrected chi connectivity index (χ3v) is 6.27. The van der Waals surface area contributed by atoms with Crippen molar-refractivity contribution in [3.63, 3.8) is 0 Å². The zero-order valence-corrected chi connectivity index (χ0v) is 20.5. The first-order chi connectivity index (χ1) is 18.0. The summed E-state index contributed by atoms with van der Waals surface area (Å²) in [6.07, 6.45) is -0.529. The predicted molar refractivity (Wildman–Crippen MR) is 135 cm³/mol. The molecule has 0 aliphatic carbocycles. The summed E-state index contributed by atoms with van der Waals surface area (Å²) in [5.41, 5.74) is 2.09. The number of hydrogen-bond acceptors (Lipinski definition) is 5. The van der Waals surface area contributed by atoms with Gasteiger partial charge in [-0.15, -0.1) is 0 Å². The lowest BCUT2D eigenvalue weighted by atomic mass is 10.0. The number of halogens is 2. The van der Waals surface area contributed by atoms with E-state index in [0.717, 1.165) is 11.6 Å². The number of esters is 1. The van der Waals surface area contributed by atoms with Gasteiger partial charge in [-0.05, 0) is 35.4 Å². The standard InChI is InChI=1S/C28H29F2N3O4/c1-36-27(34)22-9-5-6-10-25(22)31-28(35)33-15-13-32(14-16-33)17-18-37-26(20-7-3-2-4-8-20)21-11-12-23(29)24(30)19-21/h2-12,19,26H,13-18H2,1H3,(H,31,35). The minimum absolute atomic E-state index is 0.283. The Labute approximate surface area is 214 Å². The van der Waals surface area contributed by atoms with Gasteiger partial charge in [-0.2, -0.15) is 0 Å². The normalized spacial score (nSPS) is 14.7. The summed E-state index contributed by atoms with van der Waals surface area (Å²) < 4.78 is 38.3. The molecule has 4 rings (SSSR count). The first-order valence-corrected chi connectivity index (χ1v) is 12.0. The molecule has 3 aromatic carbocycles. The molecule has 0 radical (unpaired) electrons. The summed E-state index contributed by atoms with van der Waals surface area (Å²) in [4.78, 5) is 28.6. The lowest BCUT2D eigenvalue weighted by Gasteiger charge is -2.35. The quantitative estimate of drug-likeness (QED) is 0.446. The smallest absolute Gasteiger partial charge is 0.339 e. The van der Waals surface area contributed by atoms with Gasteiger partial charge in [-0.25, -0.2) is 18.4 Å². The average molecular weight is 510 g/mol. The highest BCUT2D eigenvalue weighted by Crippen LogP contribution is 2.27. The molecule has 1 unspecified atom stereocenters. The Kier molecular flexibility index (Phi) is 8.81. The van der Waals surface area contributed by atoms with E-state index in [2.05, 4.69) is 10.2 Å². The van der Waals surface area contributed by atoms with Gasteiger partial charge in [-0.3, -0.25) is 4.90 Å². The van der Waals surface area contributed by atoms with Gasteiger partial charge in [0.1, 0.15) is 6.10 Å². The maximum atomic E-state index is 13.9. The van der Waals surface area contributed by atoms with Crippen LogP contribution >= 0.6 is 0 Å². The molecular weight excluding hydrogens is 480 g/mol.